The summed E-state index contributed by atoms with van der Waals surface area (Å²) in [7, 11) is 1.61. The summed E-state index contributed by atoms with van der Waals surface area (Å²) < 4.78 is 7.09. The molecule has 1 aromatic heterocycles. The van der Waals surface area contributed by atoms with Gasteiger partial charge in [0.15, 0.2) is 5.75 Å². The topological polar surface area (TPSA) is 47.3 Å². The third kappa shape index (κ3) is 3.92. The molecule has 0 saturated carbocycles. The molecule has 0 aliphatic heterocycles. The minimum atomic E-state index is -0.522. The smallest absolute Gasteiger partial charge is 0.162 e. The van der Waals surface area contributed by atoms with Gasteiger partial charge >= 0.3 is 0 Å². The molecular formula is C12H22N2O2S. The van der Waals surface area contributed by atoms with E-state index in [1.165, 1.54) is 0 Å². The molecule has 0 fully saturated rings. The van der Waals surface area contributed by atoms with E-state index in [9.17, 15) is 5.11 Å². The van der Waals surface area contributed by atoms with Gasteiger partial charge in [-0.15, -0.1) is 0 Å². The fourth-order valence-corrected chi connectivity index (χ4v) is 2.35. The molecule has 1 N–H and O–H groups in total. The fraction of sp³-hybridized carbons (Fsp3) is 0.750. The molecule has 1 unspecified atom stereocenters. The van der Waals surface area contributed by atoms with Gasteiger partial charge in [-0.25, -0.2) is 0 Å². The van der Waals surface area contributed by atoms with Gasteiger partial charge in [0.25, 0.3) is 0 Å². The number of aliphatic hydroxyl groups excluding tert-OH is 1. The molecule has 1 rings (SSSR count). The van der Waals surface area contributed by atoms with Gasteiger partial charge < -0.3 is 9.84 Å². The van der Waals surface area contributed by atoms with Crippen LogP contribution in [0.5, 0.6) is 5.75 Å². The van der Waals surface area contributed by atoms with Gasteiger partial charge in [0.2, 0.25) is 0 Å². The predicted octanol–water partition coefficient (Wildman–Crippen LogP) is 2.48. The Hall–Kier alpha value is -0.680. The van der Waals surface area contributed by atoms with E-state index in [2.05, 4.69) is 25.9 Å². The molecule has 0 radical (unpaired) electrons. The van der Waals surface area contributed by atoms with Crippen LogP contribution in [0.15, 0.2) is 6.20 Å². The van der Waals surface area contributed by atoms with Gasteiger partial charge in [0, 0.05) is 12.3 Å². The SMILES string of the molecule is CCCn1ncc(OC)c1C(O)CSC(C)C. The van der Waals surface area contributed by atoms with Crippen molar-refractivity contribution in [1.29, 1.82) is 0 Å². The number of nitrogens with zero attached hydrogens (tertiary/aromatic N) is 2. The molecule has 1 atom stereocenters. The Bertz CT molecular complexity index is 339. The summed E-state index contributed by atoms with van der Waals surface area (Å²) in [5.74, 6) is 1.35. The van der Waals surface area contributed by atoms with E-state index < -0.39 is 6.10 Å². The van der Waals surface area contributed by atoms with Crippen LogP contribution in [0.1, 0.15) is 39.0 Å². The summed E-state index contributed by atoms with van der Waals surface area (Å²) in [6.45, 7) is 7.14. The Balaban J connectivity index is 2.80. The summed E-state index contributed by atoms with van der Waals surface area (Å²) in [4.78, 5) is 0. The molecule has 0 amide bonds. The van der Waals surface area contributed by atoms with Crippen molar-refractivity contribution in [3.05, 3.63) is 11.9 Å². The molecule has 0 bridgehead atoms. The summed E-state index contributed by atoms with van der Waals surface area (Å²) in [6.07, 6.45) is 2.14. The van der Waals surface area contributed by atoms with Crippen LogP contribution < -0.4 is 4.74 Å². The van der Waals surface area contributed by atoms with E-state index in [1.807, 2.05) is 4.68 Å². The number of aliphatic hydroxyl groups is 1. The summed E-state index contributed by atoms with van der Waals surface area (Å²) in [5, 5.41) is 15.0. The van der Waals surface area contributed by atoms with Crippen molar-refractivity contribution in [2.75, 3.05) is 12.9 Å². The number of aromatic nitrogens is 2. The van der Waals surface area contributed by atoms with E-state index in [1.54, 1.807) is 25.1 Å². The van der Waals surface area contributed by atoms with Crippen LogP contribution in [0.3, 0.4) is 0 Å². The van der Waals surface area contributed by atoms with Gasteiger partial charge in [-0.2, -0.15) is 16.9 Å². The van der Waals surface area contributed by atoms with Crippen LogP contribution in [-0.4, -0.2) is 33.0 Å². The second-order valence-corrected chi connectivity index (χ2v) is 5.83. The summed E-state index contributed by atoms with van der Waals surface area (Å²) >= 11 is 1.74. The zero-order valence-electron chi connectivity index (χ0n) is 11.0. The van der Waals surface area contributed by atoms with Crippen LogP contribution in [0.25, 0.3) is 0 Å². The molecule has 0 aliphatic rings. The van der Waals surface area contributed by atoms with Crippen molar-refractivity contribution < 1.29 is 9.84 Å². The van der Waals surface area contributed by atoms with Crippen molar-refractivity contribution in [2.45, 2.75) is 45.1 Å². The first-order chi connectivity index (χ1) is 8.10. The first-order valence-electron chi connectivity index (χ1n) is 5.99. The molecule has 4 nitrogen and oxygen atoms in total. The van der Waals surface area contributed by atoms with Crippen molar-refractivity contribution >= 4 is 11.8 Å². The Morgan fingerprint density at radius 3 is 2.76 bits per heavy atom. The highest BCUT2D eigenvalue weighted by Gasteiger charge is 2.19. The highest BCUT2D eigenvalue weighted by Crippen LogP contribution is 2.28. The fourth-order valence-electron chi connectivity index (χ4n) is 1.62. The first kappa shape index (κ1) is 14.4. The molecule has 17 heavy (non-hydrogen) atoms. The minimum absolute atomic E-state index is 0.512. The average Bonchev–Trinajstić information content (AvgIpc) is 2.69. The lowest BCUT2D eigenvalue weighted by molar-refractivity contribution is 0.186. The van der Waals surface area contributed by atoms with Crippen LogP contribution in [0, 0.1) is 0 Å². The quantitative estimate of drug-likeness (QED) is 0.816. The molecular weight excluding hydrogens is 236 g/mol. The molecule has 0 aromatic carbocycles. The number of hydrogen-bond donors (Lipinski definition) is 1. The van der Waals surface area contributed by atoms with Crippen molar-refractivity contribution in [3.8, 4) is 5.75 Å². The van der Waals surface area contributed by atoms with Gasteiger partial charge in [-0.3, -0.25) is 4.68 Å². The number of rotatable bonds is 7. The van der Waals surface area contributed by atoms with Crippen molar-refractivity contribution in [2.24, 2.45) is 0 Å². The van der Waals surface area contributed by atoms with E-state index >= 15 is 0 Å². The Labute approximate surface area is 107 Å². The first-order valence-corrected chi connectivity index (χ1v) is 7.04. The zero-order chi connectivity index (χ0) is 12.8. The van der Waals surface area contributed by atoms with Crippen LogP contribution in [-0.2, 0) is 6.54 Å². The predicted molar refractivity (Wildman–Crippen MR) is 71.6 cm³/mol. The number of ether oxygens (including phenoxy) is 1. The minimum Gasteiger partial charge on any atom is -0.493 e. The van der Waals surface area contributed by atoms with Gasteiger partial charge in [-0.05, 0) is 11.7 Å². The Kier molecular flexibility index (Phi) is 5.85. The van der Waals surface area contributed by atoms with Crippen LogP contribution in [0.2, 0.25) is 0 Å². The third-order valence-corrected chi connectivity index (χ3v) is 3.58. The number of aryl methyl sites for hydroxylation is 1. The normalized spacial score (nSPS) is 13.1. The maximum atomic E-state index is 10.2. The maximum Gasteiger partial charge on any atom is 0.162 e. The van der Waals surface area contributed by atoms with E-state index in [-0.39, 0.29) is 0 Å². The average molecular weight is 258 g/mol. The standard InChI is InChI=1S/C12H22N2O2S/c1-5-6-14-12(11(16-4)7-13-14)10(15)8-17-9(2)3/h7,9-10,15H,5-6,8H2,1-4H3. The summed E-state index contributed by atoms with van der Waals surface area (Å²) in [6, 6.07) is 0. The highest BCUT2D eigenvalue weighted by molar-refractivity contribution is 7.99. The lowest BCUT2D eigenvalue weighted by Gasteiger charge is -2.15. The third-order valence-electron chi connectivity index (χ3n) is 2.40. The maximum absolute atomic E-state index is 10.2. The zero-order valence-corrected chi connectivity index (χ0v) is 11.8. The van der Waals surface area contributed by atoms with E-state index in [0.29, 0.717) is 16.8 Å². The van der Waals surface area contributed by atoms with Crippen molar-refractivity contribution in [1.82, 2.24) is 9.78 Å². The van der Waals surface area contributed by atoms with E-state index in [0.717, 1.165) is 18.7 Å². The van der Waals surface area contributed by atoms with Gasteiger partial charge in [0.1, 0.15) is 11.8 Å². The second-order valence-electron chi connectivity index (χ2n) is 4.22. The lowest BCUT2D eigenvalue weighted by Crippen LogP contribution is -2.12. The molecule has 0 aliphatic carbocycles. The van der Waals surface area contributed by atoms with Gasteiger partial charge in [0.05, 0.1) is 13.3 Å². The number of thioether (sulfide) groups is 1. The molecule has 0 spiro atoms. The largest absolute Gasteiger partial charge is 0.493 e. The molecule has 0 saturated heterocycles. The second kappa shape index (κ2) is 6.91. The Morgan fingerprint density at radius 2 is 2.24 bits per heavy atom. The van der Waals surface area contributed by atoms with E-state index in [4.69, 9.17) is 4.74 Å². The van der Waals surface area contributed by atoms with Gasteiger partial charge in [-0.1, -0.05) is 20.8 Å². The lowest BCUT2D eigenvalue weighted by atomic mass is 10.2. The summed E-state index contributed by atoms with van der Waals surface area (Å²) in [5.41, 5.74) is 0.794. The van der Waals surface area contributed by atoms with Crippen LogP contribution >= 0.6 is 11.8 Å². The molecule has 1 aromatic rings. The highest BCUT2D eigenvalue weighted by atomic mass is 32.2. The van der Waals surface area contributed by atoms with Crippen molar-refractivity contribution in [3.63, 3.8) is 0 Å². The number of methoxy groups -OCH3 is 1. The molecule has 5 heteroatoms. The number of hydrogen-bond acceptors (Lipinski definition) is 4. The van der Waals surface area contributed by atoms with Crippen LogP contribution in [0.4, 0.5) is 0 Å². The molecule has 1 heterocycles. The monoisotopic (exact) mass is 258 g/mol. The Morgan fingerprint density at radius 1 is 1.53 bits per heavy atom. The molecule has 98 valence electrons.